The molecule has 0 saturated carbocycles. The highest BCUT2D eigenvalue weighted by Gasteiger charge is 2.24. The molecule has 6 aromatic heterocycles. The molecule has 0 radical (unpaired) electrons. The summed E-state index contributed by atoms with van der Waals surface area (Å²) in [4.78, 5) is 40.5. The number of aromatic nitrogens is 10. The maximum atomic E-state index is 5.18. The van der Waals surface area contributed by atoms with Crippen molar-refractivity contribution in [2.24, 2.45) is 0 Å². The molecule has 0 unspecified atom stereocenters. The van der Waals surface area contributed by atoms with Crippen LogP contribution < -0.4 is 0 Å². The normalized spacial score (nSPS) is 11.4. The van der Waals surface area contributed by atoms with Crippen LogP contribution >= 0.6 is 11.3 Å². The van der Waals surface area contributed by atoms with Crippen molar-refractivity contribution in [3.05, 3.63) is 437 Å². The monoisotopic (exact) mass is 1590 g/mol. The van der Waals surface area contributed by atoms with Crippen LogP contribution in [0.25, 0.3) is 222 Å². The SMILES string of the molecule is c1ccc(-c2ccc3c(c2)c2c(-c4cccc(-c5nc(-c6ccccc6)cc(-c6ccccc6)n5)c4)cccc2n3-c2cccc(-c3nc(-c4ccccc4)nc(-c4ccccc4)n3)c2)cc1.c1ccc(-c2nc(-c3ccccc3)nc(-c3cccc(-c4cccc5c4c4cc(-c6ccc7c(c6)sc6ccccc67)ccc4n5-c4ccccc4)c3)n2)cc1. The molecular formula is C112H72N10S. The van der Waals surface area contributed by atoms with Gasteiger partial charge in [0.05, 0.1) is 33.5 Å². The van der Waals surface area contributed by atoms with E-state index in [2.05, 4.69) is 288 Å². The van der Waals surface area contributed by atoms with Crippen molar-refractivity contribution >= 4 is 75.1 Å². The Morgan fingerprint density at radius 2 is 0.480 bits per heavy atom. The van der Waals surface area contributed by atoms with E-state index in [1.807, 2.05) is 169 Å². The molecule has 0 amide bonds. The van der Waals surface area contributed by atoms with E-state index >= 15 is 0 Å². The zero-order chi connectivity index (χ0) is 81.5. The van der Waals surface area contributed by atoms with Crippen LogP contribution in [-0.4, -0.2) is 49.0 Å². The number of benzene rings is 17. The van der Waals surface area contributed by atoms with Gasteiger partial charge in [-0.2, -0.15) is 0 Å². The lowest BCUT2D eigenvalue weighted by Crippen LogP contribution is -2.01. The first-order valence-electron chi connectivity index (χ1n) is 41.2. The van der Waals surface area contributed by atoms with Gasteiger partial charge in [0.25, 0.3) is 0 Å². The molecule has 0 aliphatic heterocycles. The first-order valence-corrected chi connectivity index (χ1v) is 42.0. The summed E-state index contributed by atoms with van der Waals surface area (Å²) in [5, 5.41) is 7.34. The van der Waals surface area contributed by atoms with Gasteiger partial charge in [-0.15, -0.1) is 11.3 Å². The largest absolute Gasteiger partial charge is 0.309 e. The molecule has 23 aromatic rings. The zero-order valence-corrected chi connectivity index (χ0v) is 67.3. The Bertz CT molecular complexity index is 7730. The molecular weight excluding hydrogens is 1520 g/mol. The van der Waals surface area contributed by atoms with Crippen molar-refractivity contribution in [2.45, 2.75) is 0 Å². The molecule has 0 saturated heterocycles. The van der Waals surface area contributed by atoms with E-state index < -0.39 is 0 Å². The molecule has 11 heteroatoms. The minimum atomic E-state index is 0.605. The average Bonchev–Trinajstić information content (AvgIpc) is 1.58. The lowest BCUT2D eigenvalue weighted by atomic mass is 9.96. The molecule has 576 valence electrons. The van der Waals surface area contributed by atoms with Crippen molar-refractivity contribution in [1.82, 2.24) is 49.0 Å². The van der Waals surface area contributed by atoms with E-state index in [1.54, 1.807) is 0 Å². The summed E-state index contributed by atoms with van der Waals surface area (Å²) in [5.74, 6) is 4.46. The Kier molecular flexibility index (Phi) is 18.9. The van der Waals surface area contributed by atoms with Gasteiger partial charge in [0.2, 0.25) is 0 Å². The second kappa shape index (κ2) is 31.8. The zero-order valence-electron chi connectivity index (χ0n) is 66.4. The van der Waals surface area contributed by atoms with Gasteiger partial charge in [-0.25, -0.2) is 39.9 Å². The first-order chi connectivity index (χ1) is 60.9. The maximum absolute atomic E-state index is 5.18. The predicted octanol–water partition coefficient (Wildman–Crippen LogP) is 28.8. The van der Waals surface area contributed by atoms with Crippen LogP contribution in [0.3, 0.4) is 0 Å². The van der Waals surface area contributed by atoms with Crippen LogP contribution in [-0.2, 0) is 0 Å². The summed E-state index contributed by atoms with van der Waals surface area (Å²) in [5.41, 5.74) is 26.1. The highest BCUT2D eigenvalue weighted by Crippen LogP contribution is 2.46. The maximum Gasteiger partial charge on any atom is 0.164 e. The average molecular weight is 1590 g/mol. The highest BCUT2D eigenvalue weighted by atomic mass is 32.1. The summed E-state index contributed by atoms with van der Waals surface area (Å²) in [6.45, 7) is 0. The molecule has 0 fully saturated rings. The van der Waals surface area contributed by atoms with E-state index in [0.29, 0.717) is 40.8 Å². The number of hydrogen-bond donors (Lipinski definition) is 0. The van der Waals surface area contributed by atoms with Crippen LogP contribution in [0, 0.1) is 0 Å². The van der Waals surface area contributed by atoms with Crippen LogP contribution in [0.5, 0.6) is 0 Å². The Morgan fingerprint density at radius 1 is 0.163 bits per heavy atom. The molecule has 0 aliphatic carbocycles. The van der Waals surface area contributed by atoms with Gasteiger partial charge in [0.1, 0.15) is 0 Å². The molecule has 0 spiro atoms. The molecule has 17 aromatic carbocycles. The third-order valence-electron chi connectivity index (χ3n) is 22.9. The Labute approximate surface area is 714 Å². The molecule has 123 heavy (non-hydrogen) atoms. The van der Waals surface area contributed by atoms with Crippen LogP contribution in [0.15, 0.2) is 437 Å². The lowest BCUT2D eigenvalue weighted by Gasteiger charge is -2.12. The van der Waals surface area contributed by atoms with Gasteiger partial charge >= 0.3 is 0 Å². The summed E-state index contributed by atoms with van der Waals surface area (Å²) < 4.78 is 7.38. The van der Waals surface area contributed by atoms with E-state index in [-0.39, 0.29) is 0 Å². The Morgan fingerprint density at radius 3 is 0.943 bits per heavy atom. The number of nitrogens with zero attached hydrogens (tertiary/aromatic N) is 10. The highest BCUT2D eigenvalue weighted by molar-refractivity contribution is 7.25. The third kappa shape index (κ3) is 14.1. The Balaban J connectivity index is 0.000000149. The second-order valence-corrected chi connectivity index (χ2v) is 31.6. The fourth-order valence-corrected chi connectivity index (χ4v) is 18.2. The van der Waals surface area contributed by atoms with Gasteiger partial charge in [-0.1, -0.05) is 346 Å². The number of rotatable bonds is 15. The molecule has 10 nitrogen and oxygen atoms in total. The van der Waals surface area contributed by atoms with Gasteiger partial charge in [0, 0.05) is 103 Å². The first kappa shape index (κ1) is 73.1. The number of fused-ring (bicyclic) bond motifs is 9. The van der Waals surface area contributed by atoms with E-state index in [1.165, 1.54) is 47.6 Å². The standard InChI is InChI=1S/C61H40N6.C51H32N4S/c1-6-19-41(20-7-1)46-35-36-55-52(39-46)57-51(47-29-16-30-48(37-47)60-62-53(42-21-8-2-9-22-42)40-54(63-60)43-23-10-3-11-24-43)33-18-34-56(57)67(55)50-32-17-31-49(38-50)61-65-58(44-25-12-4-13-26-44)64-59(66-61)45-27-14-5-15-28-45;1-4-14-33(15-5-1)49-52-50(34-16-6-2-7-17-34)54-51(53-49)38-19-12-18-37(30-38)40-23-13-24-45-48(40)43-31-35(27-29-44(43)55(45)39-20-8-3-9-21-39)36-26-28-42-41-22-10-11-25-46(41)56-47(42)32-36/h1-40H;1-32H. The van der Waals surface area contributed by atoms with E-state index in [0.717, 1.165) is 134 Å². The quantitative estimate of drug-likeness (QED) is 0.0997. The number of para-hydroxylation sites is 1. The topological polar surface area (TPSA) is 113 Å². The molecule has 0 atom stereocenters. The van der Waals surface area contributed by atoms with Gasteiger partial charge < -0.3 is 9.13 Å². The van der Waals surface area contributed by atoms with E-state index in [9.17, 15) is 0 Å². The van der Waals surface area contributed by atoms with Gasteiger partial charge in [0.15, 0.2) is 40.8 Å². The summed E-state index contributed by atoms with van der Waals surface area (Å²) >= 11 is 1.86. The number of thiophene rings is 1. The Hall–Kier alpha value is -16.3. The second-order valence-electron chi connectivity index (χ2n) is 30.5. The molecule has 0 bridgehead atoms. The van der Waals surface area contributed by atoms with Crippen molar-refractivity contribution in [1.29, 1.82) is 0 Å². The molecule has 0 aliphatic rings. The minimum Gasteiger partial charge on any atom is -0.309 e. The molecule has 6 heterocycles. The smallest absolute Gasteiger partial charge is 0.164 e. The summed E-state index contributed by atoms with van der Waals surface area (Å²) in [6, 6.07) is 153. The fraction of sp³-hybridized carbons (Fsp3) is 0. The van der Waals surface area contributed by atoms with Crippen molar-refractivity contribution < 1.29 is 0 Å². The summed E-state index contributed by atoms with van der Waals surface area (Å²) in [6.07, 6.45) is 0. The van der Waals surface area contributed by atoms with Crippen molar-refractivity contribution in [3.63, 3.8) is 0 Å². The minimum absolute atomic E-state index is 0.605. The van der Waals surface area contributed by atoms with Gasteiger partial charge in [-0.3, -0.25) is 0 Å². The van der Waals surface area contributed by atoms with E-state index in [4.69, 9.17) is 39.9 Å². The van der Waals surface area contributed by atoms with Gasteiger partial charge in [-0.05, 0) is 136 Å². The van der Waals surface area contributed by atoms with Crippen molar-refractivity contribution in [3.8, 4) is 158 Å². The molecule has 23 rings (SSSR count). The fourth-order valence-electron chi connectivity index (χ4n) is 17.1. The van der Waals surface area contributed by atoms with Crippen LogP contribution in [0.2, 0.25) is 0 Å². The van der Waals surface area contributed by atoms with Crippen LogP contribution in [0.1, 0.15) is 0 Å². The third-order valence-corrected chi connectivity index (χ3v) is 24.0. The van der Waals surface area contributed by atoms with Crippen LogP contribution in [0.4, 0.5) is 0 Å². The molecule has 0 N–H and O–H groups in total. The predicted molar refractivity (Wildman–Crippen MR) is 507 cm³/mol. The number of hydrogen-bond acceptors (Lipinski definition) is 9. The lowest BCUT2D eigenvalue weighted by molar-refractivity contribution is 1.07. The van der Waals surface area contributed by atoms with Crippen molar-refractivity contribution in [2.75, 3.05) is 0 Å². The summed E-state index contributed by atoms with van der Waals surface area (Å²) in [7, 11) is 0.